The van der Waals surface area contributed by atoms with Crippen LogP contribution < -0.4 is 0 Å². The third kappa shape index (κ3) is 4.46. The summed E-state index contributed by atoms with van der Waals surface area (Å²) < 4.78 is 0.749. The van der Waals surface area contributed by atoms with Gasteiger partial charge in [-0.25, -0.2) is 0 Å². The lowest BCUT2D eigenvalue weighted by Gasteiger charge is -2.05. The molecule has 0 fully saturated rings. The number of H-pyrrole nitrogens is 2. The van der Waals surface area contributed by atoms with Crippen LogP contribution in [-0.2, 0) is 0 Å². The molecule has 2 heterocycles. The SMILES string of the molecule is O=Cc1c(-c2cccc(-c3ccccc3)c2)[nH]c2ccccc12.O=Cc1c(Br)[nH]c2ccccc12. The monoisotopic (exact) mass is 520 g/mol. The molecule has 170 valence electrons. The molecule has 0 unspecified atom stereocenters. The molecule has 4 aromatic carbocycles. The van der Waals surface area contributed by atoms with Crippen molar-refractivity contribution in [2.45, 2.75) is 0 Å². The molecule has 0 aliphatic rings. The maximum absolute atomic E-state index is 11.6. The van der Waals surface area contributed by atoms with Crippen LogP contribution >= 0.6 is 15.9 Å². The Balaban J connectivity index is 0.000000178. The molecule has 2 N–H and O–H groups in total. The summed E-state index contributed by atoms with van der Waals surface area (Å²) in [7, 11) is 0. The first kappa shape index (κ1) is 22.6. The molecule has 2 aromatic heterocycles. The van der Waals surface area contributed by atoms with E-state index < -0.39 is 0 Å². The molecule has 0 saturated heterocycles. The van der Waals surface area contributed by atoms with Gasteiger partial charge in [0.25, 0.3) is 0 Å². The average Bonchev–Trinajstić information content (AvgIpc) is 3.46. The molecular formula is C30H21BrN2O2. The van der Waals surface area contributed by atoms with Crippen LogP contribution in [0.2, 0.25) is 0 Å². The third-order valence-electron chi connectivity index (χ3n) is 5.94. The fraction of sp³-hybridized carbons (Fsp3) is 0. The predicted molar refractivity (Wildman–Crippen MR) is 146 cm³/mol. The summed E-state index contributed by atoms with van der Waals surface area (Å²) >= 11 is 3.28. The van der Waals surface area contributed by atoms with Gasteiger partial charge in [-0.05, 0) is 50.8 Å². The summed E-state index contributed by atoms with van der Waals surface area (Å²) in [6.45, 7) is 0. The predicted octanol–water partition coefficient (Wildman–Crippen LogP) is 8.06. The van der Waals surface area contributed by atoms with E-state index in [2.05, 4.69) is 50.2 Å². The molecule has 0 spiro atoms. The Bertz CT molecular complexity index is 1650. The lowest BCUT2D eigenvalue weighted by molar-refractivity contribution is 0.111. The van der Waals surface area contributed by atoms with Crippen molar-refractivity contribution in [3.63, 3.8) is 0 Å². The van der Waals surface area contributed by atoms with Gasteiger partial charge in [-0.3, -0.25) is 9.59 Å². The first-order chi connectivity index (χ1) is 17.2. The molecular weight excluding hydrogens is 500 g/mol. The van der Waals surface area contributed by atoms with Gasteiger partial charge in [0.05, 0.1) is 15.9 Å². The largest absolute Gasteiger partial charge is 0.354 e. The molecule has 6 rings (SSSR count). The fourth-order valence-electron chi connectivity index (χ4n) is 4.24. The van der Waals surface area contributed by atoms with Gasteiger partial charge in [0.15, 0.2) is 12.6 Å². The Hall–Kier alpha value is -4.22. The van der Waals surface area contributed by atoms with Crippen molar-refractivity contribution in [1.82, 2.24) is 9.97 Å². The zero-order valence-electron chi connectivity index (χ0n) is 18.7. The van der Waals surface area contributed by atoms with E-state index in [0.717, 1.165) is 61.4 Å². The van der Waals surface area contributed by atoms with Crippen LogP contribution in [0.1, 0.15) is 20.7 Å². The summed E-state index contributed by atoms with van der Waals surface area (Å²) in [6.07, 6.45) is 1.78. The van der Waals surface area contributed by atoms with Crippen molar-refractivity contribution in [2.75, 3.05) is 0 Å². The molecule has 0 aliphatic carbocycles. The summed E-state index contributed by atoms with van der Waals surface area (Å²) in [4.78, 5) is 28.7. The van der Waals surface area contributed by atoms with Gasteiger partial charge in [-0.15, -0.1) is 0 Å². The number of nitrogens with one attached hydrogen (secondary N) is 2. The second-order valence-corrected chi connectivity index (χ2v) is 8.83. The smallest absolute Gasteiger partial charge is 0.153 e. The van der Waals surface area contributed by atoms with Gasteiger partial charge < -0.3 is 9.97 Å². The van der Waals surface area contributed by atoms with E-state index in [9.17, 15) is 9.59 Å². The van der Waals surface area contributed by atoms with Crippen LogP contribution in [0, 0.1) is 0 Å². The molecule has 0 amide bonds. The Morgan fingerprint density at radius 3 is 1.77 bits per heavy atom. The molecule has 0 atom stereocenters. The van der Waals surface area contributed by atoms with Gasteiger partial charge in [-0.1, -0.05) is 84.9 Å². The first-order valence-electron chi connectivity index (χ1n) is 11.1. The highest BCUT2D eigenvalue weighted by molar-refractivity contribution is 9.10. The average molecular weight is 521 g/mol. The van der Waals surface area contributed by atoms with Crippen LogP contribution in [-0.4, -0.2) is 22.5 Å². The summed E-state index contributed by atoms with van der Waals surface area (Å²) in [6, 6.07) is 34.1. The number of carbonyl (C=O) groups is 2. The highest BCUT2D eigenvalue weighted by atomic mass is 79.9. The Morgan fingerprint density at radius 1 is 0.543 bits per heavy atom. The van der Waals surface area contributed by atoms with Gasteiger partial charge in [-0.2, -0.15) is 0 Å². The lowest BCUT2D eigenvalue weighted by Crippen LogP contribution is -1.86. The molecule has 4 nitrogen and oxygen atoms in total. The van der Waals surface area contributed by atoms with Crippen LogP contribution in [0.25, 0.3) is 44.2 Å². The zero-order valence-corrected chi connectivity index (χ0v) is 20.3. The molecule has 0 saturated carbocycles. The van der Waals surface area contributed by atoms with E-state index in [1.54, 1.807) is 0 Å². The van der Waals surface area contributed by atoms with Gasteiger partial charge in [0.1, 0.15) is 0 Å². The number of hydrogen-bond acceptors (Lipinski definition) is 2. The maximum atomic E-state index is 11.6. The van der Waals surface area contributed by atoms with Gasteiger partial charge in [0.2, 0.25) is 0 Å². The number of aldehydes is 2. The number of aromatic nitrogens is 2. The number of benzene rings is 4. The second kappa shape index (κ2) is 9.95. The lowest BCUT2D eigenvalue weighted by atomic mass is 10.00. The number of fused-ring (bicyclic) bond motifs is 2. The van der Waals surface area contributed by atoms with Gasteiger partial charge >= 0.3 is 0 Å². The van der Waals surface area contributed by atoms with Crippen molar-refractivity contribution in [3.8, 4) is 22.4 Å². The number of para-hydroxylation sites is 2. The standard InChI is InChI=1S/C21H15NO.C9H6BrNO/c23-14-19-18-11-4-5-12-20(18)22-21(19)17-10-6-9-16(13-17)15-7-2-1-3-8-15;10-9-7(5-12)6-3-1-2-4-8(6)11-9/h1-14,22H;1-5,11H. The topological polar surface area (TPSA) is 65.7 Å². The molecule has 6 aromatic rings. The van der Waals surface area contributed by atoms with Crippen molar-refractivity contribution < 1.29 is 9.59 Å². The zero-order chi connectivity index (χ0) is 24.2. The van der Waals surface area contributed by atoms with E-state index >= 15 is 0 Å². The highest BCUT2D eigenvalue weighted by Gasteiger charge is 2.12. The van der Waals surface area contributed by atoms with E-state index in [0.29, 0.717) is 11.1 Å². The molecule has 0 bridgehead atoms. The summed E-state index contributed by atoms with van der Waals surface area (Å²) in [5.41, 5.74) is 7.55. The number of halogens is 1. The number of aromatic amines is 2. The van der Waals surface area contributed by atoms with Crippen LogP contribution in [0.15, 0.2) is 108 Å². The minimum absolute atomic E-state index is 0.686. The fourth-order valence-corrected chi connectivity index (χ4v) is 4.77. The molecule has 0 radical (unpaired) electrons. The molecule has 5 heteroatoms. The van der Waals surface area contributed by atoms with Crippen LogP contribution in [0.3, 0.4) is 0 Å². The minimum atomic E-state index is 0.686. The van der Waals surface area contributed by atoms with Crippen LogP contribution in [0.4, 0.5) is 0 Å². The van der Waals surface area contributed by atoms with Crippen molar-refractivity contribution in [2.24, 2.45) is 0 Å². The summed E-state index contributed by atoms with van der Waals surface area (Å²) in [5, 5.41) is 1.92. The van der Waals surface area contributed by atoms with Crippen LogP contribution in [0.5, 0.6) is 0 Å². The van der Waals surface area contributed by atoms with Gasteiger partial charge in [0, 0.05) is 27.4 Å². The third-order valence-corrected chi connectivity index (χ3v) is 6.56. The van der Waals surface area contributed by atoms with Crippen molar-refractivity contribution in [3.05, 3.63) is 119 Å². The van der Waals surface area contributed by atoms with Crippen molar-refractivity contribution >= 4 is 50.3 Å². The number of rotatable bonds is 4. The van der Waals surface area contributed by atoms with E-state index in [4.69, 9.17) is 0 Å². The van der Waals surface area contributed by atoms with E-state index in [1.165, 1.54) is 0 Å². The van der Waals surface area contributed by atoms with E-state index in [1.807, 2.05) is 78.9 Å². The van der Waals surface area contributed by atoms with Crippen molar-refractivity contribution in [1.29, 1.82) is 0 Å². The number of hydrogen-bond donors (Lipinski definition) is 2. The highest BCUT2D eigenvalue weighted by Crippen LogP contribution is 2.31. The Morgan fingerprint density at radius 2 is 1.09 bits per heavy atom. The molecule has 0 aliphatic heterocycles. The second-order valence-electron chi connectivity index (χ2n) is 8.04. The normalized spacial score (nSPS) is 10.7. The first-order valence-corrected chi connectivity index (χ1v) is 11.9. The number of carbonyl (C=O) groups excluding carboxylic acids is 2. The van der Waals surface area contributed by atoms with E-state index in [-0.39, 0.29) is 0 Å². The quantitative estimate of drug-likeness (QED) is 0.231. The molecule has 35 heavy (non-hydrogen) atoms. The Labute approximate surface area is 210 Å². The summed E-state index contributed by atoms with van der Waals surface area (Å²) in [5.74, 6) is 0. The Kier molecular flexibility index (Phi) is 6.42. The minimum Gasteiger partial charge on any atom is -0.354 e. The maximum Gasteiger partial charge on any atom is 0.153 e.